The SMILES string of the molecule is Fc1c(Cl)ccc2cn[nH]c12. The molecule has 0 saturated carbocycles. The van der Waals surface area contributed by atoms with Crippen LogP contribution in [0.5, 0.6) is 0 Å². The van der Waals surface area contributed by atoms with Crippen molar-refractivity contribution in [2.75, 3.05) is 0 Å². The number of nitrogens with zero attached hydrogens (tertiary/aromatic N) is 1. The molecule has 0 aliphatic rings. The molecule has 0 saturated heterocycles. The summed E-state index contributed by atoms with van der Waals surface area (Å²) in [5.41, 5.74) is 0.359. The lowest BCUT2D eigenvalue weighted by atomic mass is 10.2. The monoisotopic (exact) mass is 170 g/mol. The van der Waals surface area contributed by atoms with Crippen molar-refractivity contribution in [3.8, 4) is 0 Å². The van der Waals surface area contributed by atoms with Crippen LogP contribution in [-0.2, 0) is 0 Å². The summed E-state index contributed by atoms with van der Waals surface area (Å²) in [6.45, 7) is 0. The maximum Gasteiger partial charge on any atom is 0.167 e. The molecule has 1 aromatic carbocycles. The van der Waals surface area contributed by atoms with Gasteiger partial charge in [-0.05, 0) is 12.1 Å². The predicted octanol–water partition coefficient (Wildman–Crippen LogP) is 2.36. The Morgan fingerprint density at radius 1 is 1.45 bits per heavy atom. The lowest BCUT2D eigenvalue weighted by Gasteiger charge is -1.92. The molecule has 0 bridgehead atoms. The molecule has 0 aliphatic carbocycles. The highest BCUT2D eigenvalue weighted by molar-refractivity contribution is 6.31. The first-order valence-electron chi connectivity index (χ1n) is 3.06. The molecule has 1 N–H and O–H groups in total. The first-order valence-corrected chi connectivity index (χ1v) is 3.44. The van der Waals surface area contributed by atoms with E-state index in [0.29, 0.717) is 5.52 Å². The van der Waals surface area contributed by atoms with Gasteiger partial charge in [-0.3, -0.25) is 5.10 Å². The van der Waals surface area contributed by atoms with Crippen molar-refractivity contribution in [2.24, 2.45) is 0 Å². The van der Waals surface area contributed by atoms with E-state index < -0.39 is 5.82 Å². The van der Waals surface area contributed by atoms with Gasteiger partial charge in [-0.15, -0.1) is 0 Å². The Balaban J connectivity index is 2.93. The normalized spacial score (nSPS) is 10.7. The second-order valence-electron chi connectivity index (χ2n) is 2.20. The van der Waals surface area contributed by atoms with E-state index in [0.717, 1.165) is 5.39 Å². The summed E-state index contributed by atoms with van der Waals surface area (Å²) >= 11 is 5.52. The Bertz CT molecular complexity index is 396. The average molecular weight is 171 g/mol. The molecule has 0 aliphatic heterocycles. The number of benzene rings is 1. The highest BCUT2D eigenvalue weighted by Gasteiger charge is 2.05. The molecule has 0 unspecified atom stereocenters. The first-order chi connectivity index (χ1) is 5.29. The summed E-state index contributed by atoms with van der Waals surface area (Å²) in [7, 11) is 0. The topological polar surface area (TPSA) is 28.7 Å². The number of halogens is 2. The van der Waals surface area contributed by atoms with Crippen LogP contribution in [0.3, 0.4) is 0 Å². The van der Waals surface area contributed by atoms with Gasteiger partial charge in [0.05, 0.1) is 11.2 Å². The van der Waals surface area contributed by atoms with Crippen LogP contribution in [0.2, 0.25) is 5.02 Å². The summed E-state index contributed by atoms with van der Waals surface area (Å²) in [5, 5.41) is 7.04. The molecule has 0 fully saturated rings. The minimum atomic E-state index is -0.443. The molecule has 11 heavy (non-hydrogen) atoms. The largest absolute Gasteiger partial charge is 0.275 e. The van der Waals surface area contributed by atoms with Crippen molar-refractivity contribution in [1.29, 1.82) is 0 Å². The van der Waals surface area contributed by atoms with Crippen LogP contribution >= 0.6 is 11.6 Å². The molecule has 1 aromatic heterocycles. The standard InChI is InChI=1S/C7H4ClFN2/c8-5-2-1-4-3-10-11-7(4)6(5)9/h1-3H,(H,10,11). The number of hydrogen-bond acceptors (Lipinski definition) is 1. The average Bonchev–Trinajstić information content (AvgIpc) is 2.45. The fraction of sp³-hybridized carbons (Fsp3) is 0. The molecule has 0 amide bonds. The van der Waals surface area contributed by atoms with E-state index in [1.165, 1.54) is 6.07 Å². The Morgan fingerprint density at radius 2 is 2.27 bits per heavy atom. The minimum Gasteiger partial charge on any atom is -0.275 e. The van der Waals surface area contributed by atoms with Crippen LogP contribution in [0.25, 0.3) is 10.9 Å². The quantitative estimate of drug-likeness (QED) is 0.646. The molecule has 0 spiro atoms. The molecule has 0 atom stereocenters. The third-order valence-corrected chi connectivity index (χ3v) is 1.80. The fourth-order valence-electron chi connectivity index (χ4n) is 0.953. The number of aromatic amines is 1. The molecular formula is C7H4ClFN2. The smallest absolute Gasteiger partial charge is 0.167 e. The van der Waals surface area contributed by atoms with Gasteiger partial charge in [0.15, 0.2) is 5.82 Å². The summed E-state index contributed by atoms with van der Waals surface area (Å²) in [4.78, 5) is 0. The molecule has 1 heterocycles. The van der Waals surface area contributed by atoms with Gasteiger partial charge in [0.25, 0.3) is 0 Å². The molecule has 2 rings (SSSR count). The fourth-order valence-corrected chi connectivity index (χ4v) is 1.11. The summed E-state index contributed by atoms with van der Waals surface area (Å²) < 4.78 is 13.0. The lowest BCUT2D eigenvalue weighted by Crippen LogP contribution is -1.78. The number of rotatable bonds is 0. The number of hydrogen-bond donors (Lipinski definition) is 1. The Morgan fingerprint density at radius 3 is 3.09 bits per heavy atom. The van der Waals surface area contributed by atoms with Crippen molar-refractivity contribution in [1.82, 2.24) is 10.2 Å². The maximum absolute atomic E-state index is 13.0. The third kappa shape index (κ3) is 0.886. The number of fused-ring (bicyclic) bond motifs is 1. The third-order valence-electron chi connectivity index (χ3n) is 1.51. The Hall–Kier alpha value is -1.09. The van der Waals surface area contributed by atoms with Crippen molar-refractivity contribution in [3.63, 3.8) is 0 Å². The molecule has 2 aromatic rings. The molecule has 56 valence electrons. The van der Waals surface area contributed by atoms with Crippen LogP contribution in [-0.4, -0.2) is 10.2 Å². The van der Waals surface area contributed by atoms with Crippen molar-refractivity contribution in [2.45, 2.75) is 0 Å². The van der Waals surface area contributed by atoms with E-state index in [2.05, 4.69) is 10.2 Å². The van der Waals surface area contributed by atoms with Gasteiger partial charge >= 0.3 is 0 Å². The van der Waals surface area contributed by atoms with Gasteiger partial charge in [-0.25, -0.2) is 4.39 Å². The Kier molecular flexibility index (Phi) is 1.32. The van der Waals surface area contributed by atoms with Crippen molar-refractivity contribution >= 4 is 22.5 Å². The Labute approximate surface area is 67.0 Å². The van der Waals surface area contributed by atoms with E-state index in [1.54, 1.807) is 12.3 Å². The predicted molar refractivity (Wildman–Crippen MR) is 41.1 cm³/mol. The highest BCUT2D eigenvalue weighted by atomic mass is 35.5. The molecular weight excluding hydrogens is 167 g/mol. The summed E-state index contributed by atoms with van der Waals surface area (Å²) in [5.74, 6) is -0.443. The van der Waals surface area contributed by atoms with Crippen LogP contribution in [0.4, 0.5) is 4.39 Å². The zero-order chi connectivity index (χ0) is 7.84. The van der Waals surface area contributed by atoms with Crippen LogP contribution in [0, 0.1) is 5.82 Å². The van der Waals surface area contributed by atoms with Gasteiger partial charge in [-0.2, -0.15) is 5.10 Å². The van der Waals surface area contributed by atoms with E-state index in [9.17, 15) is 4.39 Å². The number of H-pyrrole nitrogens is 1. The summed E-state index contributed by atoms with van der Waals surface area (Å²) in [6, 6.07) is 3.22. The van der Waals surface area contributed by atoms with E-state index in [-0.39, 0.29) is 5.02 Å². The second kappa shape index (κ2) is 2.20. The number of nitrogens with one attached hydrogen (secondary N) is 1. The minimum absolute atomic E-state index is 0.113. The zero-order valence-corrected chi connectivity index (χ0v) is 6.19. The molecule has 0 radical (unpaired) electrons. The van der Waals surface area contributed by atoms with Crippen molar-refractivity contribution in [3.05, 3.63) is 29.2 Å². The van der Waals surface area contributed by atoms with Gasteiger partial charge < -0.3 is 0 Å². The maximum atomic E-state index is 13.0. The molecule has 4 heteroatoms. The second-order valence-corrected chi connectivity index (χ2v) is 2.60. The van der Waals surface area contributed by atoms with Crippen molar-refractivity contribution < 1.29 is 4.39 Å². The van der Waals surface area contributed by atoms with Gasteiger partial charge in [0.2, 0.25) is 0 Å². The van der Waals surface area contributed by atoms with E-state index in [4.69, 9.17) is 11.6 Å². The van der Waals surface area contributed by atoms with Crippen LogP contribution in [0.15, 0.2) is 18.3 Å². The van der Waals surface area contributed by atoms with Gasteiger partial charge in [0.1, 0.15) is 5.52 Å². The summed E-state index contributed by atoms with van der Waals surface area (Å²) in [6.07, 6.45) is 1.55. The van der Waals surface area contributed by atoms with Gasteiger partial charge in [-0.1, -0.05) is 11.6 Å². The van der Waals surface area contributed by atoms with Crippen LogP contribution < -0.4 is 0 Å². The highest BCUT2D eigenvalue weighted by Crippen LogP contribution is 2.21. The van der Waals surface area contributed by atoms with Crippen LogP contribution in [0.1, 0.15) is 0 Å². The first kappa shape index (κ1) is 6.61. The number of aromatic nitrogens is 2. The van der Waals surface area contributed by atoms with E-state index >= 15 is 0 Å². The molecule has 2 nitrogen and oxygen atoms in total. The van der Waals surface area contributed by atoms with E-state index in [1.807, 2.05) is 0 Å². The zero-order valence-electron chi connectivity index (χ0n) is 5.44. The van der Waals surface area contributed by atoms with Gasteiger partial charge in [0, 0.05) is 5.39 Å². The lowest BCUT2D eigenvalue weighted by molar-refractivity contribution is 0.636.